The molecule has 0 aromatic heterocycles. The number of benzene rings is 2. The lowest BCUT2D eigenvalue weighted by molar-refractivity contribution is -0.115. The standard InChI is InChI=1S/C18H17FN2O3/c19-12-3-1-11(2-4-12)8-20-9-13-10-23-16-6-5-15-14(18(16)24-13)7-17(22)21-15/h1-6,13,20H,7-10H2,(H,21,22). The largest absolute Gasteiger partial charge is 0.486 e. The predicted octanol–water partition coefficient (Wildman–Crippen LogP) is 2.25. The third-order valence-electron chi connectivity index (χ3n) is 4.16. The second-order valence-corrected chi connectivity index (χ2v) is 5.95. The molecule has 2 heterocycles. The molecule has 1 atom stereocenters. The number of carbonyl (C=O) groups excluding carboxylic acids is 1. The van der Waals surface area contributed by atoms with Crippen LogP contribution in [0.25, 0.3) is 0 Å². The van der Waals surface area contributed by atoms with Crippen molar-refractivity contribution < 1.29 is 18.7 Å². The normalized spacial score (nSPS) is 18.2. The summed E-state index contributed by atoms with van der Waals surface area (Å²) in [5.74, 6) is 1.07. The van der Waals surface area contributed by atoms with Crippen LogP contribution in [-0.4, -0.2) is 25.2 Å². The van der Waals surface area contributed by atoms with Crippen molar-refractivity contribution in [1.29, 1.82) is 0 Å². The maximum atomic E-state index is 12.9. The van der Waals surface area contributed by atoms with Crippen LogP contribution in [0, 0.1) is 5.82 Å². The number of nitrogens with one attached hydrogen (secondary N) is 2. The van der Waals surface area contributed by atoms with Crippen molar-refractivity contribution in [1.82, 2.24) is 5.32 Å². The van der Waals surface area contributed by atoms with Crippen molar-refractivity contribution in [3.63, 3.8) is 0 Å². The highest BCUT2D eigenvalue weighted by molar-refractivity contribution is 6.00. The minimum Gasteiger partial charge on any atom is -0.486 e. The molecule has 0 bridgehead atoms. The van der Waals surface area contributed by atoms with E-state index in [0.29, 0.717) is 37.6 Å². The minimum atomic E-state index is -0.239. The molecule has 4 rings (SSSR count). The van der Waals surface area contributed by atoms with Crippen LogP contribution in [0.15, 0.2) is 36.4 Å². The van der Waals surface area contributed by atoms with Gasteiger partial charge in [-0.1, -0.05) is 12.1 Å². The Morgan fingerprint density at radius 2 is 2.04 bits per heavy atom. The van der Waals surface area contributed by atoms with E-state index < -0.39 is 0 Å². The zero-order chi connectivity index (χ0) is 16.5. The molecule has 0 spiro atoms. The molecule has 2 aliphatic rings. The molecule has 1 amide bonds. The third-order valence-corrected chi connectivity index (χ3v) is 4.16. The lowest BCUT2D eigenvalue weighted by Crippen LogP contribution is -2.38. The second kappa shape index (κ2) is 6.13. The topological polar surface area (TPSA) is 59.6 Å². The highest BCUT2D eigenvalue weighted by Crippen LogP contribution is 2.41. The summed E-state index contributed by atoms with van der Waals surface area (Å²) in [5.41, 5.74) is 2.66. The average molecular weight is 328 g/mol. The van der Waals surface area contributed by atoms with Crippen molar-refractivity contribution in [2.45, 2.75) is 19.1 Å². The zero-order valence-electron chi connectivity index (χ0n) is 13.0. The van der Waals surface area contributed by atoms with Crippen molar-refractivity contribution in [3.8, 4) is 11.5 Å². The van der Waals surface area contributed by atoms with Crippen LogP contribution in [0.5, 0.6) is 11.5 Å². The Kier molecular flexibility index (Phi) is 3.82. The van der Waals surface area contributed by atoms with Gasteiger partial charge in [0, 0.05) is 24.3 Å². The highest BCUT2D eigenvalue weighted by atomic mass is 19.1. The van der Waals surface area contributed by atoms with Crippen LogP contribution in [0.2, 0.25) is 0 Å². The molecule has 5 nitrogen and oxygen atoms in total. The molecule has 2 aromatic carbocycles. The fraction of sp³-hybridized carbons (Fsp3) is 0.278. The van der Waals surface area contributed by atoms with E-state index in [1.165, 1.54) is 12.1 Å². The van der Waals surface area contributed by atoms with Crippen molar-refractivity contribution in [2.24, 2.45) is 0 Å². The summed E-state index contributed by atoms with van der Waals surface area (Å²) in [5, 5.41) is 6.10. The van der Waals surface area contributed by atoms with Crippen LogP contribution < -0.4 is 20.1 Å². The maximum absolute atomic E-state index is 12.9. The van der Waals surface area contributed by atoms with Crippen molar-refractivity contribution in [3.05, 3.63) is 53.3 Å². The molecule has 2 N–H and O–H groups in total. The third kappa shape index (κ3) is 2.92. The first-order valence-corrected chi connectivity index (χ1v) is 7.89. The number of anilines is 1. The van der Waals surface area contributed by atoms with Crippen LogP contribution in [-0.2, 0) is 17.8 Å². The summed E-state index contributed by atoms with van der Waals surface area (Å²) < 4.78 is 24.7. The summed E-state index contributed by atoms with van der Waals surface area (Å²) in [6.07, 6.45) is 0.178. The SMILES string of the molecule is O=C1Cc2c(ccc3c2OC(CNCc2ccc(F)cc2)CO3)N1. The molecule has 0 saturated carbocycles. The molecular weight excluding hydrogens is 311 g/mol. The first-order chi connectivity index (χ1) is 11.7. The molecule has 0 radical (unpaired) electrons. The Labute approximate surface area is 138 Å². The summed E-state index contributed by atoms with van der Waals surface area (Å²) in [6.45, 7) is 1.67. The van der Waals surface area contributed by atoms with Gasteiger partial charge in [0.25, 0.3) is 0 Å². The zero-order valence-corrected chi connectivity index (χ0v) is 13.0. The number of ether oxygens (including phenoxy) is 2. The van der Waals surface area contributed by atoms with Crippen LogP contribution in [0.1, 0.15) is 11.1 Å². The highest BCUT2D eigenvalue weighted by Gasteiger charge is 2.29. The van der Waals surface area contributed by atoms with E-state index in [-0.39, 0.29) is 17.8 Å². The van der Waals surface area contributed by atoms with Crippen LogP contribution >= 0.6 is 0 Å². The molecule has 6 heteroatoms. The first kappa shape index (κ1) is 15.0. The first-order valence-electron chi connectivity index (χ1n) is 7.89. The van der Waals surface area contributed by atoms with Gasteiger partial charge in [0.05, 0.1) is 6.42 Å². The van der Waals surface area contributed by atoms with Crippen molar-refractivity contribution in [2.75, 3.05) is 18.5 Å². The summed E-state index contributed by atoms with van der Waals surface area (Å²) >= 11 is 0. The van der Waals surface area contributed by atoms with Gasteiger partial charge in [0.1, 0.15) is 18.5 Å². The quantitative estimate of drug-likeness (QED) is 0.904. The number of hydrogen-bond donors (Lipinski definition) is 2. The molecule has 0 aliphatic carbocycles. The monoisotopic (exact) mass is 328 g/mol. The lowest BCUT2D eigenvalue weighted by Gasteiger charge is -2.28. The van der Waals surface area contributed by atoms with Gasteiger partial charge < -0.3 is 20.1 Å². The van der Waals surface area contributed by atoms with Gasteiger partial charge in [-0.15, -0.1) is 0 Å². The van der Waals surface area contributed by atoms with Gasteiger partial charge in [-0.3, -0.25) is 4.79 Å². The van der Waals surface area contributed by atoms with E-state index >= 15 is 0 Å². The van der Waals surface area contributed by atoms with E-state index in [9.17, 15) is 9.18 Å². The van der Waals surface area contributed by atoms with Gasteiger partial charge in [-0.05, 0) is 29.8 Å². The van der Waals surface area contributed by atoms with Gasteiger partial charge >= 0.3 is 0 Å². The average Bonchev–Trinajstić information content (AvgIpc) is 2.97. The van der Waals surface area contributed by atoms with E-state index in [1.807, 2.05) is 12.1 Å². The summed E-state index contributed by atoms with van der Waals surface area (Å²) in [7, 11) is 0. The second-order valence-electron chi connectivity index (χ2n) is 5.95. The van der Waals surface area contributed by atoms with Crippen LogP contribution in [0.3, 0.4) is 0 Å². The van der Waals surface area contributed by atoms with E-state index in [4.69, 9.17) is 9.47 Å². The predicted molar refractivity (Wildman–Crippen MR) is 86.8 cm³/mol. The van der Waals surface area contributed by atoms with Gasteiger partial charge in [0.15, 0.2) is 11.5 Å². The molecule has 1 unspecified atom stereocenters. The molecule has 124 valence electrons. The van der Waals surface area contributed by atoms with Crippen molar-refractivity contribution >= 4 is 11.6 Å². The maximum Gasteiger partial charge on any atom is 0.229 e. The number of carbonyl (C=O) groups is 1. The van der Waals surface area contributed by atoms with Gasteiger partial charge in [-0.25, -0.2) is 4.39 Å². The smallest absolute Gasteiger partial charge is 0.229 e. The fourth-order valence-electron chi connectivity index (χ4n) is 2.96. The summed E-state index contributed by atoms with van der Waals surface area (Å²) in [6, 6.07) is 10.1. The van der Waals surface area contributed by atoms with E-state index in [1.54, 1.807) is 12.1 Å². The minimum absolute atomic E-state index is 0.0291. The molecule has 24 heavy (non-hydrogen) atoms. The number of hydrogen-bond acceptors (Lipinski definition) is 4. The Balaban J connectivity index is 1.39. The Bertz CT molecular complexity index is 777. The molecular formula is C18H17FN2O3. The van der Waals surface area contributed by atoms with Gasteiger partial charge in [-0.2, -0.15) is 0 Å². The number of rotatable bonds is 4. The van der Waals surface area contributed by atoms with E-state index in [2.05, 4.69) is 10.6 Å². The Morgan fingerprint density at radius 1 is 1.21 bits per heavy atom. The lowest BCUT2D eigenvalue weighted by atomic mass is 10.1. The fourth-order valence-corrected chi connectivity index (χ4v) is 2.96. The van der Waals surface area contributed by atoms with E-state index in [0.717, 1.165) is 16.8 Å². The molecule has 0 fully saturated rings. The number of fused-ring (bicyclic) bond motifs is 3. The molecule has 2 aromatic rings. The number of halogens is 1. The van der Waals surface area contributed by atoms with Crippen LogP contribution in [0.4, 0.5) is 10.1 Å². The number of amides is 1. The molecule has 0 saturated heterocycles. The Morgan fingerprint density at radius 3 is 2.88 bits per heavy atom. The van der Waals surface area contributed by atoms with Gasteiger partial charge in [0.2, 0.25) is 5.91 Å². The molecule has 2 aliphatic heterocycles. The Hall–Kier alpha value is -2.60. The summed E-state index contributed by atoms with van der Waals surface area (Å²) in [4.78, 5) is 11.6.